The van der Waals surface area contributed by atoms with E-state index >= 15 is 0 Å². The topological polar surface area (TPSA) is 78.6 Å². The van der Waals surface area contributed by atoms with Gasteiger partial charge in [-0.05, 0) is 59.3 Å². The largest absolute Gasteiger partial charge is 0.858 e. The molecule has 6 nitrogen and oxygen atoms in total. The first-order chi connectivity index (χ1) is 18.6. The van der Waals surface area contributed by atoms with E-state index in [9.17, 15) is 10.2 Å². The van der Waals surface area contributed by atoms with Gasteiger partial charge in [0.25, 0.3) is 0 Å². The summed E-state index contributed by atoms with van der Waals surface area (Å²) in [5.74, 6) is -0.708. The van der Waals surface area contributed by atoms with Crippen LogP contribution in [-0.4, -0.2) is 11.8 Å². The van der Waals surface area contributed by atoms with E-state index in [-0.39, 0.29) is 11.8 Å². The molecule has 0 saturated carbocycles. The van der Waals surface area contributed by atoms with Crippen molar-refractivity contribution in [2.75, 3.05) is 0 Å². The number of aryl methyl sites for hydroxylation is 2. The number of fused-ring (bicyclic) bond motifs is 2. The minimum atomic E-state index is -0.354. The third kappa shape index (κ3) is 5.39. The zero-order valence-corrected chi connectivity index (χ0v) is 21.7. The van der Waals surface area contributed by atoms with Gasteiger partial charge in [0.05, 0.1) is 11.4 Å². The van der Waals surface area contributed by atoms with Crippen LogP contribution in [0.4, 0.5) is 11.4 Å². The number of pyridine rings is 2. The molecule has 3 aromatic carbocycles. The van der Waals surface area contributed by atoms with Crippen molar-refractivity contribution in [3.05, 3.63) is 108 Å². The molecule has 0 atom stereocenters. The van der Waals surface area contributed by atoms with Crippen LogP contribution in [0.15, 0.2) is 107 Å². The van der Waals surface area contributed by atoms with Crippen LogP contribution in [-0.2, 0) is 13.1 Å². The van der Waals surface area contributed by atoms with Gasteiger partial charge in [-0.25, -0.2) is 0 Å². The molecule has 0 N–H and O–H groups in total. The van der Waals surface area contributed by atoms with Crippen molar-refractivity contribution in [2.45, 2.75) is 39.8 Å². The molecule has 38 heavy (non-hydrogen) atoms. The zero-order valence-electron chi connectivity index (χ0n) is 21.7. The van der Waals surface area contributed by atoms with E-state index in [0.29, 0.717) is 22.5 Å². The summed E-state index contributed by atoms with van der Waals surface area (Å²) < 4.78 is 4.39. The van der Waals surface area contributed by atoms with Crippen molar-refractivity contribution in [1.29, 1.82) is 0 Å². The molecule has 2 heterocycles. The molecule has 0 bridgehead atoms. The van der Waals surface area contributed by atoms with Crippen LogP contribution in [0.1, 0.15) is 37.8 Å². The third-order valence-corrected chi connectivity index (χ3v) is 6.49. The standard InChI is InChI=1S/C32H30N4O2/c1-3-17-35-19-5-7-25-21-27(13-15-29(25)35)33-31(37)23-9-11-24(12-10-23)32(38)34-28-14-16-30-26(22-28)8-6-20-36(30)18-4-2/h5-16,19-22H,3-4,17-18H2,1-2H3. The summed E-state index contributed by atoms with van der Waals surface area (Å²) in [6, 6.07) is 26.1. The van der Waals surface area contributed by atoms with E-state index in [1.807, 2.05) is 60.7 Å². The molecule has 5 rings (SSSR count). The molecular formula is C32H30N4O2. The number of nitrogens with zero attached hydrogens (tertiary/aromatic N) is 4. The average molecular weight is 503 g/mol. The van der Waals surface area contributed by atoms with Crippen molar-refractivity contribution < 1.29 is 19.3 Å². The number of hydrogen-bond acceptors (Lipinski definition) is 4. The summed E-state index contributed by atoms with van der Waals surface area (Å²) >= 11 is 0. The van der Waals surface area contributed by atoms with Gasteiger partial charge in [0.2, 0.25) is 11.0 Å². The molecule has 0 aliphatic rings. The van der Waals surface area contributed by atoms with Gasteiger partial charge >= 0.3 is 0 Å². The third-order valence-electron chi connectivity index (χ3n) is 6.49. The van der Waals surface area contributed by atoms with Crippen LogP contribution in [0.2, 0.25) is 0 Å². The number of benzene rings is 3. The number of aromatic nitrogens is 2. The fraction of sp³-hybridized carbons (Fsp3) is 0.188. The average Bonchev–Trinajstić information content (AvgIpc) is 2.93. The first kappa shape index (κ1) is 25.1. The maximum absolute atomic E-state index is 12.8. The molecule has 0 aliphatic carbocycles. The number of hydrogen-bond donors (Lipinski definition) is 0. The fourth-order valence-electron chi connectivity index (χ4n) is 4.67. The fourth-order valence-corrected chi connectivity index (χ4v) is 4.67. The van der Waals surface area contributed by atoms with Crippen LogP contribution < -0.4 is 19.3 Å². The first-order valence-electron chi connectivity index (χ1n) is 13.0. The highest BCUT2D eigenvalue weighted by Crippen LogP contribution is 2.21. The molecular weight excluding hydrogens is 472 g/mol. The van der Waals surface area contributed by atoms with E-state index in [0.717, 1.165) is 47.7 Å². The van der Waals surface area contributed by atoms with Crippen molar-refractivity contribution in [1.82, 2.24) is 0 Å². The Hall–Kier alpha value is -4.58. The van der Waals surface area contributed by atoms with E-state index in [2.05, 4.69) is 45.4 Å². The van der Waals surface area contributed by atoms with Crippen molar-refractivity contribution in [3.8, 4) is 0 Å². The summed E-state index contributed by atoms with van der Waals surface area (Å²) in [4.78, 5) is 8.58. The highest BCUT2D eigenvalue weighted by Gasteiger charge is 2.09. The second-order valence-electron chi connectivity index (χ2n) is 9.30. The lowest BCUT2D eigenvalue weighted by Crippen LogP contribution is -2.33. The Morgan fingerprint density at radius 3 is 1.42 bits per heavy atom. The smallest absolute Gasteiger partial charge is 0.212 e. The second kappa shape index (κ2) is 11.2. The van der Waals surface area contributed by atoms with E-state index in [1.54, 1.807) is 24.3 Å². The SMILES string of the molecule is CCC[n+]1cccc2cc(N=C([O-])c3ccc(C([O-])=Nc4ccc5c(ccc[n+]5CCC)c4)cc3)ccc21. The number of rotatable bonds is 8. The summed E-state index contributed by atoms with van der Waals surface area (Å²) in [7, 11) is 0. The van der Waals surface area contributed by atoms with E-state index in [4.69, 9.17) is 0 Å². The van der Waals surface area contributed by atoms with Gasteiger partial charge in [0.15, 0.2) is 12.4 Å². The molecule has 6 heteroatoms. The monoisotopic (exact) mass is 502 g/mol. The molecule has 0 amide bonds. The molecule has 0 aliphatic heterocycles. The van der Waals surface area contributed by atoms with Crippen LogP contribution in [0.3, 0.4) is 0 Å². The maximum atomic E-state index is 12.8. The summed E-state index contributed by atoms with van der Waals surface area (Å²) in [6.45, 7) is 6.16. The van der Waals surface area contributed by atoms with Crippen LogP contribution in [0.25, 0.3) is 21.8 Å². The van der Waals surface area contributed by atoms with Gasteiger partial charge in [0, 0.05) is 47.9 Å². The van der Waals surface area contributed by atoms with Gasteiger partial charge in [-0.3, -0.25) is 9.98 Å². The number of aliphatic imine (C=N–C) groups is 2. The Balaban J connectivity index is 1.35. The minimum Gasteiger partial charge on any atom is -0.858 e. The molecule has 0 unspecified atom stereocenters. The maximum Gasteiger partial charge on any atom is 0.212 e. The summed E-state index contributed by atoms with van der Waals surface area (Å²) in [5.41, 5.74) is 4.26. The van der Waals surface area contributed by atoms with Gasteiger partial charge in [-0.1, -0.05) is 38.1 Å². The Bertz CT molecular complexity index is 1530. The molecule has 0 radical (unpaired) electrons. The summed E-state index contributed by atoms with van der Waals surface area (Å²) in [6.07, 6.45) is 6.21. The highest BCUT2D eigenvalue weighted by molar-refractivity contribution is 5.96. The van der Waals surface area contributed by atoms with Crippen LogP contribution in [0, 0.1) is 0 Å². The van der Waals surface area contributed by atoms with Crippen LogP contribution >= 0.6 is 0 Å². The minimum absolute atomic E-state index is 0.354. The van der Waals surface area contributed by atoms with Gasteiger partial charge in [-0.2, -0.15) is 9.13 Å². The van der Waals surface area contributed by atoms with E-state index in [1.165, 1.54) is 0 Å². The lowest BCUT2D eigenvalue weighted by Gasteiger charge is -2.14. The quantitative estimate of drug-likeness (QED) is 0.181. The Morgan fingerprint density at radius 2 is 1.03 bits per heavy atom. The lowest BCUT2D eigenvalue weighted by molar-refractivity contribution is -0.671. The summed E-state index contributed by atoms with van der Waals surface area (Å²) in [5, 5.41) is 27.7. The molecule has 190 valence electrons. The normalized spacial score (nSPS) is 12.4. The van der Waals surface area contributed by atoms with Crippen molar-refractivity contribution in [2.24, 2.45) is 9.98 Å². The Kier molecular flexibility index (Phi) is 7.40. The van der Waals surface area contributed by atoms with Crippen molar-refractivity contribution in [3.63, 3.8) is 0 Å². The second-order valence-corrected chi connectivity index (χ2v) is 9.30. The van der Waals surface area contributed by atoms with Gasteiger partial charge in [0.1, 0.15) is 13.1 Å². The molecule has 0 fully saturated rings. The Morgan fingerprint density at radius 1 is 0.605 bits per heavy atom. The molecule has 0 spiro atoms. The first-order valence-corrected chi connectivity index (χ1v) is 13.0. The Labute approximate surface area is 222 Å². The lowest BCUT2D eigenvalue weighted by atomic mass is 10.1. The van der Waals surface area contributed by atoms with Crippen molar-refractivity contribution >= 4 is 45.0 Å². The molecule has 5 aromatic rings. The molecule has 0 saturated heterocycles. The van der Waals surface area contributed by atoms with Gasteiger partial charge in [-0.15, -0.1) is 0 Å². The van der Waals surface area contributed by atoms with Gasteiger partial charge < -0.3 is 10.2 Å². The predicted octanol–water partition coefficient (Wildman–Crippen LogP) is 4.27. The highest BCUT2D eigenvalue weighted by atomic mass is 16.3. The molecule has 2 aromatic heterocycles. The predicted molar refractivity (Wildman–Crippen MR) is 148 cm³/mol. The zero-order chi connectivity index (χ0) is 26.5. The van der Waals surface area contributed by atoms with Crippen LogP contribution in [0.5, 0.6) is 0 Å². The van der Waals surface area contributed by atoms with E-state index < -0.39 is 0 Å².